The van der Waals surface area contributed by atoms with E-state index in [4.69, 9.17) is 9.47 Å². The zero-order valence-electron chi connectivity index (χ0n) is 13.0. The normalized spacial score (nSPS) is 12.2. The molecule has 0 radical (unpaired) electrons. The van der Waals surface area contributed by atoms with E-state index >= 15 is 0 Å². The zero-order valence-corrected chi connectivity index (χ0v) is 13.8. The highest BCUT2D eigenvalue weighted by molar-refractivity contribution is 7.14. The Bertz CT molecular complexity index is 942. The fraction of sp³-hybridized carbons (Fsp3) is 0.111. The predicted octanol–water partition coefficient (Wildman–Crippen LogP) is 3.86. The standard InChI is InChI=1S/C18H13FN2O3S/c19-13-4-2-1-3-11(13)8-17(22)21-18-20-14(9-25-18)12-5-6-15-16(7-12)24-10-23-15/h1-7,9H,8,10H2,(H,20,21,22). The van der Waals surface area contributed by atoms with E-state index in [1.165, 1.54) is 17.4 Å². The molecule has 25 heavy (non-hydrogen) atoms. The lowest BCUT2D eigenvalue weighted by Gasteiger charge is -2.03. The molecule has 0 atom stereocenters. The van der Waals surface area contributed by atoms with E-state index in [0.717, 1.165) is 11.3 Å². The van der Waals surface area contributed by atoms with Crippen molar-refractivity contribution >= 4 is 22.4 Å². The van der Waals surface area contributed by atoms with Gasteiger partial charge >= 0.3 is 0 Å². The Kier molecular flexibility index (Phi) is 4.07. The maximum atomic E-state index is 13.6. The fourth-order valence-corrected chi connectivity index (χ4v) is 3.23. The monoisotopic (exact) mass is 356 g/mol. The molecule has 0 saturated heterocycles. The second-order valence-electron chi connectivity index (χ2n) is 5.42. The summed E-state index contributed by atoms with van der Waals surface area (Å²) < 4.78 is 24.3. The van der Waals surface area contributed by atoms with E-state index < -0.39 is 5.82 Å². The highest BCUT2D eigenvalue weighted by Gasteiger charge is 2.16. The molecule has 1 aliphatic heterocycles. The smallest absolute Gasteiger partial charge is 0.231 e. The van der Waals surface area contributed by atoms with Crippen LogP contribution in [0.1, 0.15) is 5.56 Å². The van der Waals surface area contributed by atoms with Gasteiger partial charge in [-0.3, -0.25) is 4.79 Å². The van der Waals surface area contributed by atoms with Crippen LogP contribution in [0.5, 0.6) is 11.5 Å². The van der Waals surface area contributed by atoms with Crippen LogP contribution >= 0.6 is 11.3 Å². The Labute approximate surface area is 147 Å². The number of thiazole rings is 1. The van der Waals surface area contributed by atoms with E-state index in [2.05, 4.69) is 10.3 Å². The van der Waals surface area contributed by atoms with Gasteiger partial charge in [0.05, 0.1) is 12.1 Å². The first-order valence-corrected chi connectivity index (χ1v) is 8.46. The predicted molar refractivity (Wildman–Crippen MR) is 92.4 cm³/mol. The molecule has 1 amide bonds. The minimum absolute atomic E-state index is 0.0361. The SMILES string of the molecule is O=C(Cc1ccccc1F)Nc1nc(-c2ccc3c(c2)OCO3)cs1. The third-order valence-corrected chi connectivity index (χ3v) is 4.49. The first-order valence-electron chi connectivity index (χ1n) is 7.58. The number of anilines is 1. The molecule has 1 aromatic heterocycles. The van der Waals surface area contributed by atoms with Crippen molar-refractivity contribution < 1.29 is 18.7 Å². The third-order valence-electron chi connectivity index (χ3n) is 3.73. The van der Waals surface area contributed by atoms with E-state index in [0.29, 0.717) is 22.2 Å². The summed E-state index contributed by atoms with van der Waals surface area (Å²) in [6, 6.07) is 11.8. The van der Waals surface area contributed by atoms with Crippen LogP contribution in [0.2, 0.25) is 0 Å². The van der Waals surface area contributed by atoms with Crippen LogP contribution in [-0.4, -0.2) is 17.7 Å². The largest absolute Gasteiger partial charge is 0.454 e. The van der Waals surface area contributed by atoms with Crippen molar-refractivity contribution in [3.05, 3.63) is 59.2 Å². The number of benzene rings is 2. The van der Waals surface area contributed by atoms with Crippen molar-refractivity contribution in [2.45, 2.75) is 6.42 Å². The van der Waals surface area contributed by atoms with E-state index in [1.54, 1.807) is 18.2 Å². The lowest BCUT2D eigenvalue weighted by molar-refractivity contribution is -0.115. The topological polar surface area (TPSA) is 60.5 Å². The summed E-state index contributed by atoms with van der Waals surface area (Å²) in [5, 5.41) is 5.02. The van der Waals surface area contributed by atoms with Gasteiger partial charge in [-0.05, 0) is 29.8 Å². The van der Waals surface area contributed by atoms with Gasteiger partial charge in [-0.1, -0.05) is 18.2 Å². The summed E-state index contributed by atoms with van der Waals surface area (Å²) in [6.45, 7) is 0.215. The summed E-state index contributed by atoms with van der Waals surface area (Å²) in [6.07, 6.45) is -0.0361. The number of rotatable bonds is 4. The van der Waals surface area contributed by atoms with Crippen molar-refractivity contribution in [2.24, 2.45) is 0 Å². The Morgan fingerprint density at radius 1 is 1.20 bits per heavy atom. The van der Waals surface area contributed by atoms with Crippen molar-refractivity contribution in [1.82, 2.24) is 4.98 Å². The van der Waals surface area contributed by atoms with Crippen LogP contribution < -0.4 is 14.8 Å². The number of carbonyl (C=O) groups excluding carboxylic acids is 1. The summed E-state index contributed by atoms with van der Waals surface area (Å²) in [5.41, 5.74) is 1.95. The van der Waals surface area contributed by atoms with Gasteiger partial charge in [0.15, 0.2) is 16.6 Å². The molecule has 2 heterocycles. The van der Waals surface area contributed by atoms with Gasteiger partial charge in [0.1, 0.15) is 5.82 Å². The van der Waals surface area contributed by atoms with E-state index in [1.807, 2.05) is 23.6 Å². The second kappa shape index (κ2) is 6.52. The molecule has 0 spiro atoms. The third kappa shape index (κ3) is 3.32. The van der Waals surface area contributed by atoms with Crippen LogP contribution in [0, 0.1) is 5.82 Å². The van der Waals surface area contributed by atoms with Crippen molar-refractivity contribution in [3.8, 4) is 22.8 Å². The Morgan fingerprint density at radius 2 is 2.04 bits per heavy atom. The molecule has 1 N–H and O–H groups in total. The lowest BCUT2D eigenvalue weighted by atomic mass is 10.1. The van der Waals surface area contributed by atoms with Gasteiger partial charge in [0.2, 0.25) is 12.7 Å². The van der Waals surface area contributed by atoms with Gasteiger partial charge in [-0.25, -0.2) is 9.37 Å². The molecule has 3 aromatic rings. The molecule has 0 saturated carbocycles. The fourth-order valence-electron chi connectivity index (χ4n) is 2.50. The quantitative estimate of drug-likeness (QED) is 0.771. The van der Waals surface area contributed by atoms with Gasteiger partial charge in [0.25, 0.3) is 0 Å². The molecule has 0 unspecified atom stereocenters. The summed E-state index contributed by atoms with van der Waals surface area (Å²) in [7, 11) is 0. The van der Waals surface area contributed by atoms with Crippen LogP contribution in [0.15, 0.2) is 47.8 Å². The molecule has 7 heteroatoms. The number of nitrogens with zero attached hydrogens (tertiary/aromatic N) is 1. The van der Waals surface area contributed by atoms with Gasteiger partial charge < -0.3 is 14.8 Å². The molecule has 0 aliphatic carbocycles. The number of hydrogen-bond donors (Lipinski definition) is 1. The lowest BCUT2D eigenvalue weighted by Crippen LogP contribution is -2.15. The highest BCUT2D eigenvalue weighted by atomic mass is 32.1. The van der Waals surface area contributed by atoms with Gasteiger partial charge in [-0.15, -0.1) is 11.3 Å². The van der Waals surface area contributed by atoms with Crippen LogP contribution in [-0.2, 0) is 11.2 Å². The first-order chi connectivity index (χ1) is 12.2. The number of amides is 1. The number of halogens is 1. The average Bonchev–Trinajstić information content (AvgIpc) is 3.25. The summed E-state index contributed by atoms with van der Waals surface area (Å²) in [5.74, 6) is 0.683. The van der Waals surface area contributed by atoms with Crippen LogP contribution in [0.3, 0.4) is 0 Å². The molecule has 1 aliphatic rings. The van der Waals surface area contributed by atoms with Crippen molar-refractivity contribution in [2.75, 3.05) is 12.1 Å². The first kappa shape index (κ1) is 15.6. The molecule has 0 bridgehead atoms. The number of nitrogens with one attached hydrogen (secondary N) is 1. The number of fused-ring (bicyclic) bond motifs is 1. The Hall–Kier alpha value is -2.93. The average molecular weight is 356 g/mol. The molecule has 5 nitrogen and oxygen atoms in total. The maximum absolute atomic E-state index is 13.6. The van der Waals surface area contributed by atoms with Gasteiger partial charge in [0, 0.05) is 10.9 Å². The molecule has 2 aromatic carbocycles. The Morgan fingerprint density at radius 3 is 2.92 bits per heavy atom. The number of aromatic nitrogens is 1. The van der Waals surface area contributed by atoms with Crippen molar-refractivity contribution in [1.29, 1.82) is 0 Å². The van der Waals surface area contributed by atoms with Crippen molar-refractivity contribution in [3.63, 3.8) is 0 Å². The maximum Gasteiger partial charge on any atom is 0.231 e. The second-order valence-corrected chi connectivity index (χ2v) is 6.28. The number of hydrogen-bond acceptors (Lipinski definition) is 5. The van der Waals surface area contributed by atoms with E-state index in [-0.39, 0.29) is 19.1 Å². The molecular formula is C18H13FN2O3S. The number of carbonyl (C=O) groups is 1. The zero-order chi connectivity index (χ0) is 17.2. The molecule has 126 valence electrons. The molecular weight excluding hydrogens is 343 g/mol. The number of ether oxygens (including phenoxy) is 2. The highest BCUT2D eigenvalue weighted by Crippen LogP contribution is 2.36. The Balaban J connectivity index is 1.46. The van der Waals surface area contributed by atoms with Gasteiger partial charge in [-0.2, -0.15) is 0 Å². The molecule has 4 rings (SSSR count). The van der Waals surface area contributed by atoms with Crippen LogP contribution in [0.25, 0.3) is 11.3 Å². The molecule has 0 fully saturated rings. The summed E-state index contributed by atoms with van der Waals surface area (Å²) in [4.78, 5) is 16.5. The van der Waals surface area contributed by atoms with Crippen LogP contribution in [0.4, 0.5) is 9.52 Å². The minimum atomic E-state index is -0.391. The van der Waals surface area contributed by atoms with E-state index in [9.17, 15) is 9.18 Å². The summed E-state index contributed by atoms with van der Waals surface area (Å²) >= 11 is 1.31. The minimum Gasteiger partial charge on any atom is -0.454 e.